The zero-order valence-corrected chi connectivity index (χ0v) is 19.8. The Morgan fingerprint density at radius 2 is 1.89 bits per heavy atom. The van der Waals surface area contributed by atoms with Gasteiger partial charge >= 0.3 is 6.09 Å². The van der Waals surface area contributed by atoms with Gasteiger partial charge in [0.15, 0.2) is 5.96 Å². The topological polar surface area (TPSA) is 69.2 Å². The number of aliphatic imine (C=N–C) groups is 1. The van der Waals surface area contributed by atoms with E-state index in [4.69, 9.17) is 9.73 Å². The molecule has 1 amide bonds. The third-order valence-corrected chi connectivity index (χ3v) is 4.67. The first-order chi connectivity index (χ1) is 12.4. The molecule has 0 bridgehead atoms. The summed E-state index contributed by atoms with van der Waals surface area (Å²) in [4.78, 5) is 21.5. The van der Waals surface area contributed by atoms with E-state index in [0.717, 1.165) is 45.1 Å². The van der Waals surface area contributed by atoms with E-state index >= 15 is 0 Å². The van der Waals surface area contributed by atoms with Crippen LogP contribution in [0.15, 0.2) is 4.99 Å². The SMILES string of the molecule is CCNC(=NCCN1CCCCC1)N1CCC(NC(=O)OC(C)(C)C)C1.I. The fourth-order valence-corrected chi connectivity index (χ4v) is 3.45. The molecule has 2 aliphatic rings. The van der Waals surface area contributed by atoms with E-state index in [2.05, 4.69) is 27.4 Å². The summed E-state index contributed by atoms with van der Waals surface area (Å²) in [6, 6.07) is 0.107. The van der Waals surface area contributed by atoms with Crippen LogP contribution in [0, 0.1) is 0 Å². The molecular weight excluding hydrogens is 457 g/mol. The maximum atomic E-state index is 12.0. The van der Waals surface area contributed by atoms with E-state index in [1.807, 2.05) is 20.8 Å². The van der Waals surface area contributed by atoms with Crippen molar-refractivity contribution in [2.45, 2.75) is 65.0 Å². The van der Waals surface area contributed by atoms with Crippen LogP contribution in [-0.4, -0.2) is 79.3 Å². The lowest BCUT2D eigenvalue weighted by molar-refractivity contribution is 0.0507. The van der Waals surface area contributed by atoms with Crippen LogP contribution in [0.5, 0.6) is 0 Å². The second kappa shape index (κ2) is 11.9. The molecule has 8 heteroatoms. The number of rotatable bonds is 5. The molecule has 0 aromatic carbocycles. The number of ether oxygens (including phenoxy) is 1. The average Bonchev–Trinajstić information content (AvgIpc) is 3.01. The molecule has 2 heterocycles. The van der Waals surface area contributed by atoms with Gasteiger partial charge in [0.2, 0.25) is 0 Å². The molecule has 0 aromatic heterocycles. The number of carbonyl (C=O) groups is 1. The molecule has 2 fully saturated rings. The van der Waals surface area contributed by atoms with Crippen molar-refractivity contribution < 1.29 is 9.53 Å². The number of hydrogen-bond donors (Lipinski definition) is 2. The molecule has 158 valence electrons. The van der Waals surface area contributed by atoms with Gasteiger partial charge in [-0.2, -0.15) is 0 Å². The Morgan fingerprint density at radius 1 is 1.19 bits per heavy atom. The van der Waals surface area contributed by atoms with Crippen LogP contribution >= 0.6 is 24.0 Å². The molecule has 0 radical (unpaired) electrons. The minimum Gasteiger partial charge on any atom is -0.444 e. The maximum absolute atomic E-state index is 12.0. The van der Waals surface area contributed by atoms with Crippen molar-refractivity contribution >= 4 is 36.0 Å². The van der Waals surface area contributed by atoms with E-state index < -0.39 is 5.60 Å². The van der Waals surface area contributed by atoms with Crippen molar-refractivity contribution in [3.05, 3.63) is 0 Å². The van der Waals surface area contributed by atoms with Gasteiger partial charge in [0.05, 0.1) is 12.6 Å². The minimum absolute atomic E-state index is 0. The average molecular weight is 495 g/mol. The molecule has 27 heavy (non-hydrogen) atoms. The van der Waals surface area contributed by atoms with Crippen molar-refractivity contribution in [2.75, 3.05) is 45.8 Å². The summed E-state index contributed by atoms with van der Waals surface area (Å²) in [6.45, 7) is 14.5. The van der Waals surface area contributed by atoms with Gasteiger partial charge in [0.1, 0.15) is 5.60 Å². The lowest BCUT2D eigenvalue weighted by Crippen LogP contribution is -2.44. The van der Waals surface area contributed by atoms with Crippen molar-refractivity contribution in [1.29, 1.82) is 0 Å². The normalized spacial score (nSPS) is 21.6. The van der Waals surface area contributed by atoms with Crippen molar-refractivity contribution in [2.24, 2.45) is 4.99 Å². The predicted octanol–water partition coefficient (Wildman–Crippen LogP) is 2.65. The summed E-state index contributed by atoms with van der Waals surface area (Å²) in [6.07, 6.45) is 4.57. The second-order valence-corrected chi connectivity index (χ2v) is 8.22. The number of nitrogens with one attached hydrogen (secondary N) is 2. The number of carbonyl (C=O) groups excluding carboxylic acids is 1. The first-order valence-corrected chi connectivity index (χ1v) is 10.1. The quantitative estimate of drug-likeness (QED) is 0.349. The van der Waals surface area contributed by atoms with Crippen LogP contribution in [0.4, 0.5) is 4.79 Å². The lowest BCUT2D eigenvalue weighted by atomic mass is 10.1. The summed E-state index contributed by atoms with van der Waals surface area (Å²) in [5.41, 5.74) is -0.465. The molecule has 1 unspecified atom stereocenters. The Hall–Kier alpha value is -0.770. The number of nitrogens with zero attached hydrogens (tertiary/aromatic N) is 3. The van der Waals surface area contributed by atoms with E-state index in [-0.39, 0.29) is 36.1 Å². The number of piperidine rings is 1. The van der Waals surface area contributed by atoms with Crippen molar-refractivity contribution in [3.8, 4) is 0 Å². The number of guanidine groups is 1. The molecule has 2 saturated heterocycles. The predicted molar refractivity (Wildman–Crippen MR) is 121 cm³/mol. The van der Waals surface area contributed by atoms with Crippen LogP contribution in [0.1, 0.15) is 53.4 Å². The van der Waals surface area contributed by atoms with Gasteiger partial charge in [-0.15, -0.1) is 24.0 Å². The highest BCUT2D eigenvalue weighted by atomic mass is 127. The highest BCUT2D eigenvalue weighted by Gasteiger charge is 2.27. The third-order valence-electron chi connectivity index (χ3n) is 4.67. The van der Waals surface area contributed by atoms with E-state index in [9.17, 15) is 4.79 Å². The monoisotopic (exact) mass is 495 g/mol. The molecule has 0 spiro atoms. The first-order valence-electron chi connectivity index (χ1n) is 10.1. The van der Waals surface area contributed by atoms with Crippen LogP contribution in [0.25, 0.3) is 0 Å². The second-order valence-electron chi connectivity index (χ2n) is 8.22. The summed E-state index contributed by atoms with van der Waals surface area (Å²) < 4.78 is 5.35. The molecule has 2 rings (SSSR count). The number of likely N-dealkylation sites (tertiary alicyclic amines) is 2. The summed E-state index contributed by atoms with van der Waals surface area (Å²) in [5, 5.41) is 6.36. The molecule has 1 atom stereocenters. The Kier molecular flexibility index (Phi) is 10.7. The van der Waals surface area contributed by atoms with E-state index in [1.54, 1.807) is 0 Å². The smallest absolute Gasteiger partial charge is 0.407 e. The van der Waals surface area contributed by atoms with Gasteiger partial charge in [0, 0.05) is 26.2 Å². The standard InChI is InChI=1S/C19H37N5O2.HI/c1-5-20-17(21-10-14-23-11-7-6-8-12-23)24-13-9-16(15-24)22-18(25)26-19(2,3)4;/h16H,5-15H2,1-4H3,(H,20,21)(H,22,25);1H. The minimum atomic E-state index is -0.465. The Morgan fingerprint density at radius 3 is 2.52 bits per heavy atom. The number of amides is 1. The van der Waals surface area contributed by atoms with Crippen LogP contribution in [-0.2, 0) is 4.74 Å². The summed E-state index contributed by atoms with van der Waals surface area (Å²) in [7, 11) is 0. The first kappa shape index (κ1) is 24.3. The van der Waals surface area contributed by atoms with Crippen molar-refractivity contribution in [1.82, 2.24) is 20.4 Å². The molecular formula is C19H38IN5O2. The molecule has 2 aliphatic heterocycles. The number of alkyl carbamates (subject to hydrolysis) is 1. The fourth-order valence-electron chi connectivity index (χ4n) is 3.45. The zero-order chi connectivity index (χ0) is 19.0. The molecule has 7 nitrogen and oxygen atoms in total. The van der Waals surface area contributed by atoms with E-state index in [0.29, 0.717) is 0 Å². The highest BCUT2D eigenvalue weighted by Crippen LogP contribution is 2.12. The van der Waals surface area contributed by atoms with Crippen molar-refractivity contribution in [3.63, 3.8) is 0 Å². The van der Waals surface area contributed by atoms with Gasteiger partial charge < -0.3 is 25.2 Å². The Balaban J connectivity index is 0.00000364. The summed E-state index contributed by atoms with van der Waals surface area (Å²) in [5.74, 6) is 0.956. The van der Waals surface area contributed by atoms with Gasteiger partial charge in [-0.3, -0.25) is 4.99 Å². The highest BCUT2D eigenvalue weighted by molar-refractivity contribution is 14.0. The number of halogens is 1. The van der Waals surface area contributed by atoms with Gasteiger partial charge in [-0.05, 0) is 60.0 Å². The fraction of sp³-hybridized carbons (Fsp3) is 0.895. The third kappa shape index (κ3) is 9.32. The molecule has 0 aromatic rings. The number of hydrogen-bond acceptors (Lipinski definition) is 4. The Labute approximate surface area is 181 Å². The summed E-state index contributed by atoms with van der Waals surface area (Å²) >= 11 is 0. The van der Waals surface area contributed by atoms with Gasteiger partial charge in [-0.25, -0.2) is 4.79 Å². The van der Waals surface area contributed by atoms with Gasteiger partial charge in [-0.1, -0.05) is 6.42 Å². The maximum Gasteiger partial charge on any atom is 0.407 e. The van der Waals surface area contributed by atoms with Crippen LogP contribution in [0.2, 0.25) is 0 Å². The zero-order valence-electron chi connectivity index (χ0n) is 17.4. The Bertz CT molecular complexity index is 475. The molecule has 2 N–H and O–H groups in total. The van der Waals surface area contributed by atoms with Crippen LogP contribution in [0.3, 0.4) is 0 Å². The molecule has 0 saturated carbocycles. The van der Waals surface area contributed by atoms with Gasteiger partial charge in [0.25, 0.3) is 0 Å². The molecule has 0 aliphatic carbocycles. The lowest BCUT2D eigenvalue weighted by Gasteiger charge is -2.26. The van der Waals surface area contributed by atoms with E-state index in [1.165, 1.54) is 32.4 Å². The van der Waals surface area contributed by atoms with Crippen LogP contribution < -0.4 is 10.6 Å². The largest absolute Gasteiger partial charge is 0.444 e.